The minimum absolute atomic E-state index is 0.275. The molecule has 0 N–H and O–H groups in total. The molecule has 0 amide bonds. The predicted molar refractivity (Wildman–Crippen MR) is 340 cm³/mol. The molecule has 0 saturated heterocycles. The fourth-order valence-electron chi connectivity index (χ4n) is 16.4. The molecule has 0 unspecified atom stereocenters. The molecule has 0 bridgehead atoms. The van der Waals surface area contributed by atoms with Crippen LogP contribution < -0.4 is 9.80 Å². The topological polar surface area (TPSA) is 6.48 Å². The quantitative estimate of drug-likeness (QED) is 0.126. The molecule has 13 aromatic carbocycles. The Hall–Kier alpha value is -8.98. The van der Waals surface area contributed by atoms with Crippen molar-refractivity contribution in [2.75, 3.05) is 9.80 Å². The third-order valence-corrected chi connectivity index (χ3v) is 20.1. The molecule has 2 heteroatoms. The predicted octanol–water partition coefficient (Wildman–Crippen LogP) is 21.4. The number of nitrogens with zero attached hydrogens (tertiary/aromatic N) is 2. The normalized spacial score (nSPS) is 16.4. The van der Waals surface area contributed by atoms with E-state index in [9.17, 15) is 0 Å². The number of para-hydroxylation sites is 2. The zero-order valence-electron chi connectivity index (χ0n) is 46.7. The Labute approximate surface area is 468 Å². The first-order valence-corrected chi connectivity index (χ1v) is 28.8. The number of benzene rings is 13. The second-order valence-electron chi connectivity index (χ2n) is 25.5. The second-order valence-corrected chi connectivity index (χ2v) is 25.5. The van der Waals surface area contributed by atoms with Gasteiger partial charge in [0.2, 0.25) is 0 Å². The van der Waals surface area contributed by atoms with Crippen molar-refractivity contribution < 1.29 is 0 Å². The van der Waals surface area contributed by atoms with Gasteiger partial charge in [-0.2, -0.15) is 0 Å². The van der Waals surface area contributed by atoms with Gasteiger partial charge in [0.1, 0.15) is 0 Å². The lowest BCUT2D eigenvalue weighted by Crippen LogP contribution is -2.32. The molecule has 382 valence electrons. The first-order valence-electron chi connectivity index (χ1n) is 28.8. The van der Waals surface area contributed by atoms with Gasteiger partial charge in [-0.25, -0.2) is 0 Å². The van der Waals surface area contributed by atoms with Crippen molar-refractivity contribution in [2.45, 2.75) is 77.0 Å². The maximum atomic E-state index is 2.67. The third-order valence-electron chi connectivity index (χ3n) is 20.1. The maximum absolute atomic E-state index is 2.67. The van der Waals surface area contributed by atoms with Crippen LogP contribution in [-0.4, -0.2) is 0 Å². The van der Waals surface area contributed by atoms with Crippen LogP contribution in [0.25, 0.3) is 86.9 Å². The van der Waals surface area contributed by atoms with Crippen LogP contribution >= 0.6 is 0 Å². The third kappa shape index (κ3) is 5.59. The summed E-state index contributed by atoms with van der Waals surface area (Å²) >= 11 is 0. The average molecular weight is 1030 g/mol. The minimum atomic E-state index is -0.303. The van der Waals surface area contributed by atoms with Crippen molar-refractivity contribution in [3.05, 3.63) is 263 Å². The molecule has 80 heavy (non-hydrogen) atoms. The van der Waals surface area contributed by atoms with Gasteiger partial charge in [0.05, 0.1) is 34.1 Å². The molecule has 2 heterocycles. The summed E-state index contributed by atoms with van der Waals surface area (Å²) in [7, 11) is 0. The highest BCUT2D eigenvalue weighted by atomic mass is 15.2. The van der Waals surface area contributed by atoms with Gasteiger partial charge in [0.15, 0.2) is 0 Å². The van der Waals surface area contributed by atoms with Gasteiger partial charge in [-0.1, -0.05) is 237 Å². The molecule has 2 aliphatic carbocycles. The van der Waals surface area contributed by atoms with E-state index in [2.05, 4.69) is 284 Å². The smallest absolute Gasteiger partial charge is 0.0620 e. The summed E-state index contributed by atoms with van der Waals surface area (Å²) in [5.41, 5.74) is 22.6. The van der Waals surface area contributed by atoms with Crippen LogP contribution in [0.1, 0.15) is 99.9 Å². The van der Waals surface area contributed by atoms with E-state index in [1.54, 1.807) is 0 Å². The van der Waals surface area contributed by atoms with Crippen LogP contribution in [0.3, 0.4) is 0 Å². The van der Waals surface area contributed by atoms with Gasteiger partial charge in [-0.3, -0.25) is 0 Å². The molecule has 0 fully saturated rings. The van der Waals surface area contributed by atoms with Crippen molar-refractivity contribution in [1.82, 2.24) is 0 Å². The molecular weight excluding hydrogens is 965 g/mol. The number of fused-ring (bicyclic) bond motifs is 22. The number of hydrogen-bond donors (Lipinski definition) is 0. The van der Waals surface area contributed by atoms with E-state index in [4.69, 9.17) is 0 Å². The molecular formula is C78H60N2. The molecule has 0 saturated carbocycles. The van der Waals surface area contributed by atoms with Crippen LogP contribution in [0, 0.1) is 0 Å². The highest BCUT2D eigenvalue weighted by molar-refractivity contribution is 6.25. The van der Waals surface area contributed by atoms with Crippen LogP contribution in [0.4, 0.5) is 34.1 Å². The summed E-state index contributed by atoms with van der Waals surface area (Å²) < 4.78 is 0. The number of anilines is 6. The molecule has 2 nitrogen and oxygen atoms in total. The Kier molecular flexibility index (Phi) is 8.87. The summed E-state index contributed by atoms with van der Waals surface area (Å²) in [6, 6.07) is 83.9. The van der Waals surface area contributed by atoms with E-state index in [1.165, 1.54) is 166 Å². The van der Waals surface area contributed by atoms with Gasteiger partial charge < -0.3 is 9.80 Å². The SMILES string of the molecule is CC1(C)c2ccccc2N(c2c3ccccc3c(N3c4ccccc4C(C)(C)c4cc5c(cc43)C(C)(C)c3c-5c4ccccc4c4ccccc34)c3ccccc23)c2cc3c(cc21)-c1c(c2ccccc2c2ccccc12)C3(C)C. The van der Waals surface area contributed by atoms with Crippen LogP contribution in [0.5, 0.6) is 0 Å². The van der Waals surface area contributed by atoms with Crippen molar-refractivity contribution in [3.63, 3.8) is 0 Å². The van der Waals surface area contributed by atoms with Gasteiger partial charge in [0.25, 0.3) is 0 Å². The Morgan fingerprint density at radius 3 is 0.850 bits per heavy atom. The van der Waals surface area contributed by atoms with Gasteiger partial charge in [0, 0.05) is 43.2 Å². The molecule has 4 aliphatic rings. The van der Waals surface area contributed by atoms with Gasteiger partial charge in [-0.15, -0.1) is 0 Å². The van der Waals surface area contributed by atoms with Crippen molar-refractivity contribution in [2.24, 2.45) is 0 Å². The minimum Gasteiger partial charge on any atom is -0.309 e. The zero-order valence-corrected chi connectivity index (χ0v) is 46.7. The average Bonchev–Trinajstić information content (AvgIpc) is 4.10. The van der Waals surface area contributed by atoms with Crippen molar-refractivity contribution >= 4 is 98.8 Å². The van der Waals surface area contributed by atoms with Crippen LogP contribution in [0.15, 0.2) is 218 Å². The van der Waals surface area contributed by atoms with Gasteiger partial charge in [-0.05, 0) is 146 Å². The second kappa shape index (κ2) is 15.4. The largest absolute Gasteiger partial charge is 0.309 e. The molecule has 0 atom stereocenters. The lowest BCUT2D eigenvalue weighted by molar-refractivity contribution is 0.628. The molecule has 0 radical (unpaired) electrons. The molecule has 13 aromatic rings. The molecule has 2 aliphatic heterocycles. The number of rotatable bonds is 2. The summed E-state index contributed by atoms with van der Waals surface area (Å²) in [5.74, 6) is 0. The summed E-state index contributed by atoms with van der Waals surface area (Å²) in [6.45, 7) is 19.6. The molecule has 0 aromatic heterocycles. The van der Waals surface area contributed by atoms with E-state index < -0.39 is 0 Å². The fourth-order valence-corrected chi connectivity index (χ4v) is 16.4. The van der Waals surface area contributed by atoms with E-state index >= 15 is 0 Å². The fraction of sp³-hybridized carbons (Fsp3) is 0.154. The van der Waals surface area contributed by atoms with Gasteiger partial charge >= 0.3 is 0 Å². The summed E-state index contributed by atoms with van der Waals surface area (Å²) in [5, 5.41) is 15.5. The Bertz CT molecular complexity index is 4600. The summed E-state index contributed by atoms with van der Waals surface area (Å²) in [4.78, 5) is 5.34. The molecule has 0 spiro atoms. The first kappa shape index (κ1) is 46.0. The van der Waals surface area contributed by atoms with Crippen molar-refractivity contribution in [1.29, 1.82) is 0 Å². The highest BCUT2D eigenvalue weighted by Crippen LogP contribution is 2.64. The monoisotopic (exact) mass is 1020 g/mol. The number of hydrogen-bond acceptors (Lipinski definition) is 2. The van der Waals surface area contributed by atoms with Crippen LogP contribution in [-0.2, 0) is 21.7 Å². The van der Waals surface area contributed by atoms with E-state index in [-0.39, 0.29) is 21.7 Å². The lowest BCUT2D eigenvalue weighted by Gasteiger charge is -2.45. The maximum Gasteiger partial charge on any atom is 0.0620 e. The lowest BCUT2D eigenvalue weighted by atomic mass is 9.71. The standard InChI is InChI=1S/C78H60N2/c1-75(2)59-37-21-23-39-65(59)79(67-43-61-57(41-63(67)75)69-49-29-13-9-25-45(49)47-27-11-15-31-51(47)71(69)77(61,5)6)73-53-33-17-19-35-55(53)74(56-36-20-18-34-54(56)73)80-66-40-24-22-38-60(66)76(3,4)64-42-58-62(44-68(64)80)78(7,8)72-52-32-16-12-28-48(52)46-26-10-14-30-50(46)70(58)72/h9-44H,1-8H3. The van der Waals surface area contributed by atoms with E-state index in [1.807, 2.05) is 0 Å². The summed E-state index contributed by atoms with van der Waals surface area (Å²) in [6.07, 6.45) is 0. The van der Waals surface area contributed by atoms with E-state index in [0.29, 0.717) is 0 Å². The van der Waals surface area contributed by atoms with E-state index in [0.717, 1.165) is 0 Å². The zero-order chi connectivity index (χ0) is 53.9. The first-order chi connectivity index (χ1) is 38.8. The Balaban J connectivity index is 0.951. The highest BCUT2D eigenvalue weighted by Gasteiger charge is 2.47. The Morgan fingerprint density at radius 1 is 0.225 bits per heavy atom. The van der Waals surface area contributed by atoms with Crippen LogP contribution in [0.2, 0.25) is 0 Å². The van der Waals surface area contributed by atoms with Crippen molar-refractivity contribution in [3.8, 4) is 22.3 Å². The Morgan fingerprint density at radius 2 is 0.500 bits per heavy atom. The molecule has 17 rings (SSSR count).